The molecule has 0 unspecified atom stereocenters. The summed E-state index contributed by atoms with van der Waals surface area (Å²) in [6.07, 6.45) is 14.7. The maximum atomic E-state index is 13.0. The van der Waals surface area contributed by atoms with Crippen molar-refractivity contribution in [3.63, 3.8) is 0 Å². The Hall–Kier alpha value is -5.94. The molecule has 4 aromatic heterocycles. The summed E-state index contributed by atoms with van der Waals surface area (Å²) in [7, 11) is 1.83. The van der Waals surface area contributed by atoms with E-state index in [2.05, 4.69) is 50.5 Å². The summed E-state index contributed by atoms with van der Waals surface area (Å²) in [6.45, 7) is 9.11. The molecule has 9 rings (SSSR count). The molecule has 1 fully saturated rings. The predicted octanol–water partition coefficient (Wildman–Crippen LogP) is 6.15. The van der Waals surface area contributed by atoms with Gasteiger partial charge in [-0.2, -0.15) is 10.2 Å². The lowest BCUT2D eigenvalue weighted by Crippen LogP contribution is -2.52. The van der Waals surface area contributed by atoms with Crippen LogP contribution in [0.15, 0.2) is 110 Å². The summed E-state index contributed by atoms with van der Waals surface area (Å²) >= 11 is 0. The van der Waals surface area contributed by atoms with Gasteiger partial charge in [-0.1, -0.05) is 18.2 Å². The molecule has 7 heterocycles. The molecule has 0 spiro atoms. The molecule has 0 aliphatic carbocycles. The number of amides is 2. The van der Waals surface area contributed by atoms with Crippen LogP contribution in [0.4, 0.5) is 11.4 Å². The van der Waals surface area contributed by atoms with E-state index in [0.717, 1.165) is 56.1 Å². The molecule has 11 nitrogen and oxygen atoms in total. The highest BCUT2D eigenvalue weighted by atomic mass is 16.5. The van der Waals surface area contributed by atoms with Crippen molar-refractivity contribution in [1.82, 2.24) is 29.5 Å². The average molecular weight is 679 g/mol. The minimum atomic E-state index is -0.518. The van der Waals surface area contributed by atoms with Gasteiger partial charge in [0, 0.05) is 61.0 Å². The van der Waals surface area contributed by atoms with E-state index in [0.29, 0.717) is 13.2 Å². The molecule has 6 aromatic rings. The van der Waals surface area contributed by atoms with Crippen LogP contribution in [0.1, 0.15) is 38.8 Å². The summed E-state index contributed by atoms with van der Waals surface area (Å²) in [5.74, 6) is 0.267. The molecular formula is C40H38N8O3. The topological polar surface area (TPSA) is 111 Å². The standard InChI is InChI=1S/C21H20N4O2.C19H18N4O/c1-21(2)18-4-3-16(9-19(18)25(20(21)26)17-12-27-13-17)24-11-15(10-23-24)14-5-7-22-8-6-14;1-19(2)16-5-4-13(10-17(16)22(3)18(19)24)14-11-21-23(12-14)15-6-8-20-9-7-15/h3-11,17H,12-13H2,1-2H3;4-12H,1-3H3. The fourth-order valence-corrected chi connectivity index (χ4v) is 7.08. The zero-order valence-electron chi connectivity index (χ0n) is 29.2. The SMILES string of the molecule is CC1(C)C(=O)N(C2COC2)c2cc(-n3cc(-c4ccncc4)cn3)ccc21.CN1C(=O)C(C)(C)c2ccc(-c3cnn(-c4ccncc4)c3)cc21. The van der Waals surface area contributed by atoms with Crippen molar-refractivity contribution in [2.75, 3.05) is 30.1 Å². The van der Waals surface area contributed by atoms with Crippen LogP contribution in [0.2, 0.25) is 0 Å². The van der Waals surface area contributed by atoms with E-state index >= 15 is 0 Å². The van der Waals surface area contributed by atoms with Crippen molar-refractivity contribution in [1.29, 1.82) is 0 Å². The molecule has 0 N–H and O–H groups in total. The highest BCUT2D eigenvalue weighted by molar-refractivity contribution is 6.09. The van der Waals surface area contributed by atoms with Crippen molar-refractivity contribution < 1.29 is 14.3 Å². The smallest absolute Gasteiger partial charge is 0.237 e. The number of pyridine rings is 2. The van der Waals surface area contributed by atoms with E-state index in [4.69, 9.17) is 4.74 Å². The number of hydrogen-bond acceptors (Lipinski definition) is 7. The van der Waals surface area contributed by atoms with Gasteiger partial charge in [0.2, 0.25) is 11.8 Å². The lowest BCUT2D eigenvalue weighted by Gasteiger charge is -2.35. The fraction of sp³-hybridized carbons (Fsp3) is 0.250. The van der Waals surface area contributed by atoms with Crippen LogP contribution >= 0.6 is 0 Å². The molecule has 51 heavy (non-hydrogen) atoms. The first kappa shape index (κ1) is 32.3. The number of rotatable bonds is 5. The Bertz CT molecular complexity index is 2270. The number of benzene rings is 2. The first-order valence-electron chi connectivity index (χ1n) is 16.9. The summed E-state index contributed by atoms with van der Waals surface area (Å²) < 4.78 is 9.00. The van der Waals surface area contributed by atoms with Crippen molar-refractivity contribution in [3.05, 3.63) is 121 Å². The van der Waals surface area contributed by atoms with E-state index < -0.39 is 10.8 Å². The average Bonchev–Trinajstić information content (AvgIpc) is 3.90. The third kappa shape index (κ3) is 5.41. The van der Waals surface area contributed by atoms with Gasteiger partial charge >= 0.3 is 0 Å². The Morgan fingerprint density at radius 3 is 1.84 bits per heavy atom. The van der Waals surface area contributed by atoms with Gasteiger partial charge in [-0.05, 0) is 92.4 Å². The molecule has 2 amide bonds. The molecule has 256 valence electrons. The summed E-state index contributed by atoms with van der Waals surface area (Å²) in [5, 5.41) is 8.94. The van der Waals surface area contributed by atoms with Crippen LogP contribution in [-0.4, -0.2) is 67.6 Å². The van der Waals surface area contributed by atoms with Crippen LogP contribution in [0.3, 0.4) is 0 Å². The fourth-order valence-electron chi connectivity index (χ4n) is 7.08. The third-order valence-electron chi connectivity index (χ3n) is 10.2. The van der Waals surface area contributed by atoms with Crippen LogP contribution in [0.5, 0.6) is 0 Å². The van der Waals surface area contributed by atoms with E-state index in [9.17, 15) is 9.59 Å². The minimum absolute atomic E-state index is 0.123. The predicted molar refractivity (Wildman–Crippen MR) is 195 cm³/mol. The van der Waals surface area contributed by atoms with Gasteiger partial charge in [0.25, 0.3) is 0 Å². The summed E-state index contributed by atoms with van der Waals surface area (Å²) in [4.78, 5) is 37.2. The van der Waals surface area contributed by atoms with Crippen molar-refractivity contribution in [2.24, 2.45) is 0 Å². The molecular weight excluding hydrogens is 640 g/mol. The van der Waals surface area contributed by atoms with Gasteiger partial charge in [0.1, 0.15) is 0 Å². The maximum absolute atomic E-state index is 13.0. The molecule has 3 aliphatic heterocycles. The molecule has 0 bridgehead atoms. The number of hydrogen-bond donors (Lipinski definition) is 0. The molecule has 11 heteroatoms. The normalized spacial score (nSPS) is 17.1. The molecule has 0 radical (unpaired) electrons. The Balaban J connectivity index is 0.000000148. The van der Waals surface area contributed by atoms with E-state index in [-0.39, 0.29) is 17.9 Å². The van der Waals surface area contributed by atoms with Gasteiger partial charge in [0.15, 0.2) is 0 Å². The molecule has 0 atom stereocenters. The lowest BCUT2D eigenvalue weighted by molar-refractivity contribution is -0.124. The Morgan fingerprint density at radius 2 is 1.20 bits per heavy atom. The van der Waals surface area contributed by atoms with E-state index in [1.54, 1.807) is 29.7 Å². The Morgan fingerprint density at radius 1 is 0.627 bits per heavy atom. The number of anilines is 2. The van der Waals surface area contributed by atoms with E-state index in [1.165, 1.54) is 0 Å². The first-order chi connectivity index (χ1) is 24.5. The number of nitrogens with zero attached hydrogens (tertiary/aromatic N) is 8. The van der Waals surface area contributed by atoms with Gasteiger partial charge in [0.05, 0.1) is 59.5 Å². The maximum Gasteiger partial charge on any atom is 0.237 e. The van der Waals surface area contributed by atoms with E-state index in [1.807, 2.05) is 104 Å². The quantitative estimate of drug-likeness (QED) is 0.215. The van der Waals surface area contributed by atoms with Crippen molar-refractivity contribution in [3.8, 4) is 33.6 Å². The molecule has 0 saturated carbocycles. The first-order valence-corrected chi connectivity index (χ1v) is 16.9. The highest BCUT2D eigenvalue weighted by Gasteiger charge is 2.48. The number of carbonyl (C=O) groups excluding carboxylic acids is 2. The number of likely N-dealkylation sites (N-methyl/N-ethyl adjacent to an activating group) is 1. The van der Waals surface area contributed by atoms with Gasteiger partial charge in [-0.25, -0.2) is 9.36 Å². The summed E-state index contributed by atoms with van der Waals surface area (Å²) in [5.41, 5.74) is 9.14. The highest BCUT2D eigenvalue weighted by Crippen LogP contribution is 2.45. The zero-order chi connectivity index (χ0) is 35.5. The second-order valence-corrected chi connectivity index (χ2v) is 14.2. The minimum Gasteiger partial charge on any atom is -0.377 e. The van der Waals surface area contributed by atoms with Crippen molar-refractivity contribution in [2.45, 2.75) is 44.6 Å². The number of ether oxygens (including phenoxy) is 1. The van der Waals surface area contributed by atoms with Crippen LogP contribution in [0, 0.1) is 0 Å². The van der Waals surface area contributed by atoms with Crippen LogP contribution < -0.4 is 9.80 Å². The summed E-state index contributed by atoms with van der Waals surface area (Å²) in [6, 6.07) is 20.2. The van der Waals surface area contributed by atoms with Gasteiger partial charge in [-0.15, -0.1) is 0 Å². The Labute approximate surface area is 296 Å². The molecule has 3 aliphatic rings. The monoisotopic (exact) mass is 678 g/mol. The molecule has 2 aromatic carbocycles. The number of fused-ring (bicyclic) bond motifs is 2. The van der Waals surface area contributed by atoms with Crippen molar-refractivity contribution >= 4 is 23.2 Å². The number of aromatic nitrogens is 6. The number of carbonyl (C=O) groups is 2. The van der Waals surface area contributed by atoms with Crippen LogP contribution in [-0.2, 0) is 25.2 Å². The van der Waals surface area contributed by atoms with Gasteiger partial charge in [-0.3, -0.25) is 19.6 Å². The third-order valence-corrected chi connectivity index (χ3v) is 10.2. The lowest BCUT2D eigenvalue weighted by atomic mass is 9.85. The zero-order valence-corrected chi connectivity index (χ0v) is 29.2. The largest absolute Gasteiger partial charge is 0.377 e. The van der Waals surface area contributed by atoms with Gasteiger partial charge < -0.3 is 14.5 Å². The molecule has 1 saturated heterocycles. The van der Waals surface area contributed by atoms with Crippen LogP contribution in [0.25, 0.3) is 33.6 Å². The second kappa shape index (κ2) is 12.1. The Kier molecular flexibility index (Phi) is 7.68. The second-order valence-electron chi connectivity index (χ2n) is 14.2.